The summed E-state index contributed by atoms with van der Waals surface area (Å²) in [5, 5.41) is 12.0. The Balaban J connectivity index is 0.00000274. The Bertz CT molecular complexity index is 1250. The number of amides is 1. The fourth-order valence-electron chi connectivity index (χ4n) is 4.17. The van der Waals surface area contributed by atoms with Gasteiger partial charge in [0, 0.05) is 77.7 Å². The molecule has 1 amide bonds. The van der Waals surface area contributed by atoms with Crippen LogP contribution in [0.4, 0.5) is 11.4 Å². The number of carbonyl (C=O) groups is 1. The van der Waals surface area contributed by atoms with Crippen molar-refractivity contribution in [2.75, 3.05) is 44.7 Å². The smallest absolute Gasteiger partial charge is 0.284 e. The standard InChI is InChI=1S/C23H21ClN6O3.Cu/c1-27-8-10-28(11-9-27)14-19-23(31)29-20-7-6-15(30(32)33)12-17(20)22(25-13-21(29)26-19)16-4-2-3-5-18(16)24;/h2-7,12,14H,8-11,13H2,1H3;/b19-14-;. The molecule has 1 fully saturated rings. The Hall–Kier alpha value is -3.04. The van der Waals surface area contributed by atoms with Gasteiger partial charge < -0.3 is 9.80 Å². The molecule has 0 bridgehead atoms. The van der Waals surface area contributed by atoms with Crippen LogP contribution >= 0.6 is 11.6 Å². The van der Waals surface area contributed by atoms with Crippen molar-refractivity contribution < 1.29 is 26.8 Å². The molecule has 3 aliphatic rings. The number of piperazine rings is 1. The minimum atomic E-state index is -0.463. The summed E-state index contributed by atoms with van der Waals surface area (Å²) < 4.78 is 0. The molecule has 0 atom stereocenters. The monoisotopic (exact) mass is 527 g/mol. The van der Waals surface area contributed by atoms with Crippen LogP contribution in [0.15, 0.2) is 64.3 Å². The van der Waals surface area contributed by atoms with E-state index in [9.17, 15) is 14.9 Å². The number of hydrogen-bond donors (Lipinski definition) is 0. The van der Waals surface area contributed by atoms with Crippen LogP contribution in [-0.2, 0) is 21.9 Å². The number of likely N-dealkylation sites (N-methyl/N-ethyl adjacent to an activating group) is 1. The van der Waals surface area contributed by atoms with Gasteiger partial charge in [-0.3, -0.25) is 24.8 Å². The van der Waals surface area contributed by atoms with Crippen LogP contribution in [0.1, 0.15) is 11.1 Å². The summed E-state index contributed by atoms with van der Waals surface area (Å²) in [6.07, 6.45) is 1.81. The number of rotatable bonds is 3. The molecule has 0 N–H and O–H groups in total. The number of non-ortho nitro benzene ring substituents is 1. The predicted molar refractivity (Wildman–Crippen MR) is 127 cm³/mol. The molecule has 9 nitrogen and oxygen atoms in total. The number of nitro benzene ring substituents is 1. The van der Waals surface area contributed by atoms with Crippen LogP contribution in [0.3, 0.4) is 0 Å². The van der Waals surface area contributed by atoms with E-state index in [4.69, 9.17) is 16.6 Å². The van der Waals surface area contributed by atoms with Crippen LogP contribution in [-0.4, -0.2) is 71.9 Å². The summed E-state index contributed by atoms with van der Waals surface area (Å²) in [6, 6.07) is 11.6. The summed E-state index contributed by atoms with van der Waals surface area (Å²) in [5.41, 5.74) is 2.36. The zero-order chi connectivity index (χ0) is 23.1. The van der Waals surface area contributed by atoms with Gasteiger partial charge in [-0.2, -0.15) is 0 Å². The Labute approximate surface area is 212 Å². The first-order valence-electron chi connectivity index (χ1n) is 10.6. The molecule has 1 radical (unpaired) electrons. The first kappa shape index (κ1) is 24.1. The molecule has 0 unspecified atom stereocenters. The maximum Gasteiger partial charge on any atom is 0.284 e. The molecule has 2 aromatic carbocycles. The van der Waals surface area contributed by atoms with Crippen molar-refractivity contribution in [1.82, 2.24) is 9.80 Å². The molecule has 3 aliphatic heterocycles. The van der Waals surface area contributed by atoms with Gasteiger partial charge in [-0.25, -0.2) is 4.99 Å². The van der Waals surface area contributed by atoms with E-state index in [0.29, 0.717) is 39.1 Å². The molecule has 34 heavy (non-hydrogen) atoms. The summed E-state index contributed by atoms with van der Waals surface area (Å²) in [6.45, 7) is 3.60. The van der Waals surface area contributed by atoms with E-state index < -0.39 is 4.92 Å². The van der Waals surface area contributed by atoms with Crippen molar-refractivity contribution in [1.29, 1.82) is 0 Å². The number of aliphatic imine (C=N–C) groups is 2. The second kappa shape index (κ2) is 9.68. The normalized spacial score (nSPS) is 19.1. The van der Waals surface area contributed by atoms with E-state index in [1.807, 2.05) is 12.1 Å². The third-order valence-corrected chi connectivity index (χ3v) is 6.30. The fraction of sp³-hybridized carbons (Fsp3) is 0.261. The van der Waals surface area contributed by atoms with Crippen molar-refractivity contribution in [3.05, 3.63) is 80.6 Å². The van der Waals surface area contributed by atoms with Crippen LogP contribution < -0.4 is 4.90 Å². The summed E-state index contributed by atoms with van der Waals surface area (Å²) in [4.78, 5) is 39.6. The Morgan fingerprint density at radius 2 is 1.82 bits per heavy atom. The Morgan fingerprint density at radius 3 is 2.53 bits per heavy atom. The number of carbonyl (C=O) groups excluding carboxylic acids is 1. The molecular formula is C23H21ClCuN6O3. The van der Waals surface area contributed by atoms with Gasteiger partial charge in [0.15, 0.2) is 0 Å². The van der Waals surface area contributed by atoms with E-state index in [-0.39, 0.29) is 35.2 Å². The molecule has 0 spiro atoms. The van der Waals surface area contributed by atoms with Gasteiger partial charge in [-0.1, -0.05) is 29.8 Å². The zero-order valence-corrected chi connectivity index (χ0v) is 19.9. The number of amidine groups is 1. The number of nitro groups is 1. The SMILES string of the molecule is CN1CCN(/C=C2\N=C3CN=C(c4ccccc4Cl)c4cc([N+](=O)[O-])ccc4N3C2=O)CC1.[Cu]. The topological polar surface area (TPSA) is 94.7 Å². The quantitative estimate of drug-likeness (QED) is 0.264. The first-order chi connectivity index (χ1) is 15.9. The fourth-order valence-corrected chi connectivity index (χ4v) is 4.40. The van der Waals surface area contributed by atoms with Crippen molar-refractivity contribution in [2.45, 2.75) is 0 Å². The third-order valence-electron chi connectivity index (χ3n) is 5.97. The number of hydrogen-bond acceptors (Lipinski definition) is 7. The van der Waals surface area contributed by atoms with Crippen molar-refractivity contribution in [3.8, 4) is 0 Å². The largest absolute Gasteiger partial charge is 0.373 e. The average molecular weight is 528 g/mol. The minimum absolute atomic E-state index is 0. The van der Waals surface area contributed by atoms with Crippen molar-refractivity contribution >= 4 is 40.4 Å². The van der Waals surface area contributed by atoms with Crippen LogP contribution in [0.25, 0.3) is 0 Å². The molecule has 0 aromatic heterocycles. The molecule has 3 heterocycles. The van der Waals surface area contributed by atoms with Gasteiger partial charge in [0.25, 0.3) is 11.6 Å². The molecule has 11 heteroatoms. The Kier molecular flexibility index (Phi) is 6.86. The molecule has 179 valence electrons. The van der Waals surface area contributed by atoms with Crippen LogP contribution in [0, 0.1) is 10.1 Å². The Morgan fingerprint density at radius 1 is 1.09 bits per heavy atom. The maximum atomic E-state index is 13.4. The average Bonchev–Trinajstić information content (AvgIpc) is 3.01. The van der Waals surface area contributed by atoms with Crippen molar-refractivity contribution in [2.24, 2.45) is 9.98 Å². The van der Waals surface area contributed by atoms with Crippen LogP contribution in [0.2, 0.25) is 5.02 Å². The summed E-state index contributed by atoms with van der Waals surface area (Å²) in [5.74, 6) is 0.215. The van der Waals surface area contributed by atoms with Gasteiger partial charge in [0.05, 0.1) is 22.9 Å². The molecule has 5 rings (SSSR count). The summed E-state index contributed by atoms with van der Waals surface area (Å²) in [7, 11) is 2.07. The third kappa shape index (κ3) is 4.37. The van der Waals surface area contributed by atoms with Gasteiger partial charge >= 0.3 is 0 Å². The van der Waals surface area contributed by atoms with Crippen LogP contribution in [0.5, 0.6) is 0 Å². The molecule has 2 aromatic rings. The van der Waals surface area contributed by atoms with Gasteiger partial charge in [0.1, 0.15) is 11.5 Å². The van der Waals surface area contributed by atoms with E-state index >= 15 is 0 Å². The molecule has 1 saturated heterocycles. The molecule has 0 aliphatic carbocycles. The number of benzene rings is 2. The summed E-state index contributed by atoms with van der Waals surface area (Å²) >= 11 is 6.43. The second-order valence-corrected chi connectivity index (χ2v) is 8.53. The second-order valence-electron chi connectivity index (χ2n) is 8.13. The maximum absolute atomic E-state index is 13.4. The van der Waals surface area contributed by atoms with E-state index in [1.165, 1.54) is 17.0 Å². The zero-order valence-electron chi connectivity index (χ0n) is 18.2. The number of fused-ring (bicyclic) bond motifs is 3. The predicted octanol–water partition coefficient (Wildman–Crippen LogP) is 2.93. The number of nitrogens with zero attached hydrogens (tertiary/aromatic N) is 6. The molecular weight excluding hydrogens is 507 g/mol. The molecule has 0 saturated carbocycles. The van der Waals surface area contributed by atoms with E-state index in [0.717, 1.165) is 26.2 Å². The first-order valence-corrected chi connectivity index (χ1v) is 10.9. The number of halogens is 1. The van der Waals surface area contributed by atoms with E-state index in [1.54, 1.807) is 24.4 Å². The number of anilines is 1. The van der Waals surface area contributed by atoms with Crippen molar-refractivity contribution in [3.63, 3.8) is 0 Å². The van der Waals surface area contributed by atoms with Gasteiger partial charge in [-0.15, -0.1) is 0 Å². The minimum Gasteiger partial charge on any atom is -0.373 e. The van der Waals surface area contributed by atoms with Gasteiger partial charge in [0.2, 0.25) is 0 Å². The van der Waals surface area contributed by atoms with Gasteiger partial charge in [-0.05, 0) is 19.2 Å². The van der Waals surface area contributed by atoms with E-state index in [2.05, 4.69) is 21.8 Å².